The van der Waals surface area contributed by atoms with E-state index in [4.69, 9.17) is 11.6 Å². The van der Waals surface area contributed by atoms with Crippen molar-refractivity contribution >= 4 is 35.1 Å². The zero-order valence-corrected chi connectivity index (χ0v) is 17.2. The molecule has 2 aromatic rings. The van der Waals surface area contributed by atoms with Crippen molar-refractivity contribution < 1.29 is 4.79 Å². The minimum atomic E-state index is -0.238. The van der Waals surface area contributed by atoms with Crippen molar-refractivity contribution in [3.8, 4) is 0 Å². The van der Waals surface area contributed by atoms with E-state index in [1.165, 1.54) is 0 Å². The van der Waals surface area contributed by atoms with Crippen LogP contribution in [0.25, 0.3) is 0 Å². The molecule has 1 heterocycles. The fraction of sp³-hybridized carbons (Fsp3) is 0.500. The first kappa shape index (κ1) is 20.6. The quantitative estimate of drug-likeness (QED) is 0.514. The average Bonchev–Trinajstić information content (AvgIpc) is 2.96. The summed E-state index contributed by atoms with van der Waals surface area (Å²) in [6, 6.07) is 5.22. The van der Waals surface area contributed by atoms with E-state index in [9.17, 15) is 4.79 Å². The van der Waals surface area contributed by atoms with Gasteiger partial charge >= 0.3 is 6.03 Å². The highest BCUT2D eigenvalue weighted by Gasteiger charge is 2.12. The van der Waals surface area contributed by atoms with Gasteiger partial charge in [0.2, 0.25) is 0 Å². The van der Waals surface area contributed by atoms with Gasteiger partial charge in [-0.05, 0) is 43.2 Å². The standard InChI is InChI=1S/C18H26ClN5OS/c1-12(2)11-24-16(22-23-18(24)26-4)6-5-9-20-17(25)21-14-8-7-13(3)15(19)10-14/h7-8,10,12H,5-6,9,11H2,1-4H3,(H2,20,21,25). The molecule has 0 spiro atoms. The molecule has 0 bridgehead atoms. The molecule has 8 heteroatoms. The summed E-state index contributed by atoms with van der Waals surface area (Å²) in [5.41, 5.74) is 1.66. The number of aromatic nitrogens is 3. The van der Waals surface area contributed by atoms with Crippen molar-refractivity contribution in [1.29, 1.82) is 0 Å². The van der Waals surface area contributed by atoms with E-state index in [-0.39, 0.29) is 6.03 Å². The van der Waals surface area contributed by atoms with Crippen LogP contribution in [0.3, 0.4) is 0 Å². The summed E-state index contributed by atoms with van der Waals surface area (Å²) in [5, 5.41) is 15.8. The Hall–Kier alpha value is -1.73. The molecule has 0 atom stereocenters. The number of anilines is 1. The van der Waals surface area contributed by atoms with Gasteiger partial charge in [-0.25, -0.2) is 4.79 Å². The van der Waals surface area contributed by atoms with Gasteiger partial charge in [-0.15, -0.1) is 10.2 Å². The van der Waals surface area contributed by atoms with Crippen molar-refractivity contribution in [2.75, 3.05) is 18.1 Å². The van der Waals surface area contributed by atoms with E-state index in [1.807, 2.05) is 25.3 Å². The lowest BCUT2D eigenvalue weighted by atomic mass is 10.2. The van der Waals surface area contributed by atoms with Gasteiger partial charge in [-0.1, -0.05) is 43.3 Å². The number of halogens is 1. The van der Waals surface area contributed by atoms with Gasteiger partial charge in [-0.3, -0.25) is 0 Å². The molecule has 2 N–H and O–H groups in total. The maximum Gasteiger partial charge on any atom is 0.319 e. The fourth-order valence-corrected chi connectivity index (χ4v) is 3.20. The normalized spacial score (nSPS) is 11.0. The number of urea groups is 1. The van der Waals surface area contributed by atoms with Gasteiger partial charge in [0.05, 0.1) is 0 Å². The highest BCUT2D eigenvalue weighted by Crippen LogP contribution is 2.20. The number of aryl methyl sites for hydroxylation is 2. The number of amides is 2. The SMILES string of the molecule is CSc1nnc(CCCNC(=O)Nc2ccc(C)c(Cl)c2)n1CC(C)C. The molecule has 2 amide bonds. The Kier molecular flexibility index (Phi) is 7.78. The first-order valence-corrected chi connectivity index (χ1v) is 10.3. The van der Waals surface area contributed by atoms with E-state index in [0.717, 1.165) is 35.9 Å². The number of rotatable bonds is 8. The number of nitrogens with zero attached hydrogens (tertiary/aromatic N) is 3. The molecule has 6 nitrogen and oxygen atoms in total. The number of hydrogen-bond acceptors (Lipinski definition) is 4. The Morgan fingerprint density at radius 1 is 1.35 bits per heavy atom. The van der Waals surface area contributed by atoms with E-state index in [2.05, 4.69) is 39.2 Å². The number of carbonyl (C=O) groups excluding carboxylic acids is 1. The van der Waals surface area contributed by atoms with Crippen LogP contribution in [0.15, 0.2) is 23.4 Å². The van der Waals surface area contributed by atoms with Crippen LogP contribution >= 0.6 is 23.4 Å². The predicted molar refractivity (Wildman–Crippen MR) is 108 cm³/mol. The molecule has 0 radical (unpaired) electrons. The van der Waals surface area contributed by atoms with Crippen LogP contribution in [0.5, 0.6) is 0 Å². The van der Waals surface area contributed by atoms with Gasteiger partial charge in [0.15, 0.2) is 5.16 Å². The fourth-order valence-electron chi connectivity index (χ4n) is 2.50. The number of hydrogen-bond donors (Lipinski definition) is 2. The third-order valence-electron chi connectivity index (χ3n) is 3.82. The Balaban J connectivity index is 1.80. The molecule has 0 fully saturated rings. The summed E-state index contributed by atoms with van der Waals surface area (Å²) in [6.07, 6.45) is 3.58. The summed E-state index contributed by atoms with van der Waals surface area (Å²) in [4.78, 5) is 12.0. The van der Waals surface area contributed by atoms with Gasteiger partial charge in [0.25, 0.3) is 0 Å². The topological polar surface area (TPSA) is 71.8 Å². The van der Waals surface area contributed by atoms with Crippen LogP contribution in [0.4, 0.5) is 10.5 Å². The summed E-state index contributed by atoms with van der Waals surface area (Å²) in [7, 11) is 0. The molecular weight excluding hydrogens is 370 g/mol. The second-order valence-electron chi connectivity index (χ2n) is 6.56. The molecule has 0 aliphatic carbocycles. The number of carbonyl (C=O) groups is 1. The first-order chi connectivity index (χ1) is 12.4. The molecule has 26 heavy (non-hydrogen) atoms. The first-order valence-electron chi connectivity index (χ1n) is 8.67. The van der Waals surface area contributed by atoms with Crippen LogP contribution in [0.2, 0.25) is 5.02 Å². The minimum Gasteiger partial charge on any atom is -0.338 e. The van der Waals surface area contributed by atoms with Gasteiger partial charge in [0.1, 0.15) is 5.82 Å². The largest absolute Gasteiger partial charge is 0.338 e. The highest BCUT2D eigenvalue weighted by atomic mass is 35.5. The lowest BCUT2D eigenvalue weighted by molar-refractivity contribution is 0.252. The smallest absolute Gasteiger partial charge is 0.319 e. The summed E-state index contributed by atoms with van der Waals surface area (Å²) in [6.45, 7) is 7.75. The van der Waals surface area contributed by atoms with Gasteiger partial charge in [0, 0.05) is 30.2 Å². The van der Waals surface area contributed by atoms with Crippen LogP contribution in [0, 0.1) is 12.8 Å². The van der Waals surface area contributed by atoms with E-state index < -0.39 is 0 Å². The van der Waals surface area contributed by atoms with Crippen LogP contribution in [-0.4, -0.2) is 33.6 Å². The van der Waals surface area contributed by atoms with Crippen molar-refractivity contribution in [3.63, 3.8) is 0 Å². The summed E-state index contributed by atoms with van der Waals surface area (Å²) in [5.74, 6) is 1.50. The maximum absolute atomic E-state index is 12.0. The number of benzene rings is 1. The molecule has 2 rings (SSSR count). The molecule has 1 aromatic carbocycles. The zero-order chi connectivity index (χ0) is 19.1. The Labute approximate surface area is 164 Å². The third-order valence-corrected chi connectivity index (χ3v) is 4.89. The summed E-state index contributed by atoms with van der Waals surface area (Å²) >= 11 is 7.67. The minimum absolute atomic E-state index is 0.238. The lowest BCUT2D eigenvalue weighted by Crippen LogP contribution is -2.29. The second kappa shape index (κ2) is 9.83. The van der Waals surface area contributed by atoms with Crippen LogP contribution in [-0.2, 0) is 13.0 Å². The molecule has 0 saturated carbocycles. The second-order valence-corrected chi connectivity index (χ2v) is 7.74. The summed E-state index contributed by atoms with van der Waals surface area (Å²) < 4.78 is 2.17. The molecule has 0 aliphatic heterocycles. The van der Waals surface area contributed by atoms with E-state index >= 15 is 0 Å². The predicted octanol–water partition coefficient (Wildman–Crippen LogP) is 4.37. The van der Waals surface area contributed by atoms with Crippen LogP contribution < -0.4 is 10.6 Å². The molecule has 0 unspecified atom stereocenters. The van der Waals surface area contributed by atoms with E-state index in [0.29, 0.717) is 23.2 Å². The van der Waals surface area contributed by atoms with E-state index in [1.54, 1.807) is 17.8 Å². The average molecular weight is 396 g/mol. The maximum atomic E-state index is 12.0. The lowest BCUT2D eigenvalue weighted by Gasteiger charge is -2.12. The van der Waals surface area contributed by atoms with Crippen molar-refractivity contribution in [3.05, 3.63) is 34.6 Å². The van der Waals surface area contributed by atoms with Gasteiger partial charge in [-0.2, -0.15) is 0 Å². The Morgan fingerprint density at radius 2 is 2.12 bits per heavy atom. The zero-order valence-electron chi connectivity index (χ0n) is 15.7. The van der Waals surface area contributed by atoms with Gasteiger partial charge < -0.3 is 15.2 Å². The molecule has 0 saturated heterocycles. The molecule has 0 aliphatic rings. The van der Waals surface area contributed by atoms with Crippen molar-refractivity contribution in [2.45, 2.75) is 45.3 Å². The molecule has 142 valence electrons. The number of thioether (sulfide) groups is 1. The van der Waals surface area contributed by atoms with Crippen LogP contribution in [0.1, 0.15) is 31.7 Å². The Bertz CT molecular complexity index is 747. The number of nitrogens with one attached hydrogen (secondary N) is 2. The van der Waals surface area contributed by atoms with Crippen molar-refractivity contribution in [2.24, 2.45) is 5.92 Å². The third kappa shape index (κ3) is 5.92. The molecular formula is C18H26ClN5OS. The Morgan fingerprint density at radius 3 is 2.77 bits per heavy atom. The highest BCUT2D eigenvalue weighted by molar-refractivity contribution is 7.98. The van der Waals surface area contributed by atoms with Crippen molar-refractivity contribution in [1.82, 2.24) is 20.1 Å². The molecule has 1 aromatic heterocycles. The monoisotopic (exact) mass is 395 g/mol.